The molecule has 2 aliphatic rings. The monoisotopic (exact) mass is 272 g/mol. The summed E-state index contributed by atoms with van der Waals surface area (Å²) >= 11 is 0. The highest BCUT2D eigenvalue weighted by Gasteiger charge is 2.48. The lowest BCUT2D eigenvalue weighted by atomic mass is 9.82. The van der Waals surface area contributed by atoms with E-state index in [1.165, 1.54) is 5.56 Å². The number of nitrogens with one attached hydrogen (secondary N) is 1. The van der Waals surface area contributed by atoms with E-state index in [0.29, 0.717) is 12.5 Å². The summed E-state index contributed by atoms with van der Waals surface area (Å²) in [5, 5.41) is 17.4. The summed E-state index contributed by atoms with van der Waals surface area (Å²) in [7, 11) is 0. The molecule has 0 aliphatic carbocycles. The fraction of sp³-hybridized carbons (Fsp3) is 0.533. The summed E-state index contributed by atoms with van der Waals surface area (Å²) in [5.74, 6) is 0.589. The average Bonchev–Trinajstić information content (AvgIpc) is 3.11. The van der Waals surface area contributed by atoms with E-state index in [9.17, 15) is 5.11 Å². The minimum atomic E-state index is 0.0840. The Morgan fingerprint density at radius 3 is 3.25 bits per heavy atom. The number of aromatic nitrogens is 2. The van der Waals surface area contributed by atoms with Crippen molar-refractivity contribution < 1.29 is 5.11 Å². The van der Waals surface area contributed by atoms with Crippen molar-refractivity contribution in [1.29, 1.82) is 0 Å². The second kappa shape index (κ2) is 4.55. The second-order valence-corrected chi connectivity index (χ2v) is 6.25. The fourth-order valence-corrected chi connectivity index (χ4v) is 3.80. The van der Waals surface area contributed by atoms with E-state index in [1.807, 2.05) is 23.0 Å². The van der Waals surface area contributed by atoms with Crippen LogP contribution in [0, 0.1) is 11.3 Å². The number of rotatable bonds is 3. The van der Waals surface area contributed by atoms with Gasteiger partial charge in [0.2, 0.25) is 0 Å². The largest absolute Gasteiger partial charge is 0.396 e. The number of fused-ring (bicyclic) bond motifs is 2. The number of hydrogen-bond acceptors (Lipinski definition) is 4. The molecule has 5 nitrogen and oxygen atoms in total. The first-order valence-electron chi connectivity index (χ1n) is 7.25. The highest BCUT2D eigenvalue weighted by Crippen LogP contribution is 2.38. The van der Waals surface area contributed by atoms with E-state index in [-0.39, 0.29) is 5.41 Å². The molecule has 2 unspecified atom stereocenters. The molecule has 2 saturated heterocycles. The number of aliphatic hydroxyl groups is 1. The maximum absolute atomic E-state index is 9.75. The van der Waals surface area contributed by atoms with Gasteiger partial charge in [0.15, 0.2) is 0 Å². The Kier molecular flexibility index (Phi) is 2.80. The van der Waals surface area contributed by atoms with Crippen molar-refractivity contribution in [3.63, 3.8) is 0 Å². The van der Waals surface area contributed by atoms with Crippen molar-refractivity contribution in [3.05, 3.63) is 36.2 Å². The summed E-state index contributed by atoms with van der Waals surface area (Å²) in [4.78, 5) is 2.48. The van der Waals surface area contributed by atoms with E-state index < -0.39 is 0 Å². The molecule has 20 heavy (non-hydrogen) atoms. The Balaban J connectivity index is 1.52. The minimum absolute atomic E-state index is 0.0840. The molecule has 0 amide bonds. The normalized spacial score (nSPS) is 30.1. The molecular weight excluding hydrogens is 252 g/mol. The molecule has 2 aliphatic heterocycles. The molecule has 0 saturated carbocycles. The van der Waals surface area contributed by atoms with E-state index in [2.05, 4.69) is 27.4 Å². The molecular formula is C15H20N4O. The Hall–Kier alpha value is -1.43. The van der Waals surface area contributed by atoms with Gasteiger partial charge in [-0.3, -0.25) is 4.90 Å². The van der Waals surface area contributed by atoms with Crippen LogP contribution < -0.4 is 5.32 Å². The molecule has 2 atom stereocenters. The zero-order valence-corrected chi connectivity index (χ0v) is 11.5. The summed E-state index contributed by atoms with van der Waals surface area (Å²) < 4.78 is 1.89. The first kappa shape index (κ1) is 12.3. The standard InChI is InChI=1S/C15H20N4O/c20-11-15-9-16-6-13(15)8-18(10-15)7-12-2-4-19-14(5-12)1-3-17-19/h1-5,13,16,20H,6-11H2. The van der Waals surface area contributed by atoms with Crippen LogP contribution in [-0.2, 0) is 6.54 Å². The lowest BCUT2D eigenvalue weighted by Gasteiger charge is -2.25. The molecule has 4 heterocycles. The Morgan fingerprint density at radius 1 is 1.45 bits per heavy atom. The van der Waals surface area contributed by atoms with Crippen LogP contribution in [0.1, 0.15) is 5.56 Å². The number of pyridine rings is 1. The predicted octanol–water partition coefficient (Wildman–Crippen LogP) is 0.348. The third-order valence-corrected chi connectivity index (χ3v) is 4.94. The van der Waals surface area contributed by atoms with Gasteiger partial charge in [0.25, 0.3) is 0 Å². The van der Waals surface area contributed by atoms with Gasteiger partial charge in [0.05, 0.1) is 12.1 Å². The van der Waals surface area contributed by atoms with Crippen LogP contribution in [0.4, 0.5) is 0 Å². The third-order valence-electron chi connectivity index (χ3n) is 4.94. The molecule has 2 fully saturated rings. The minimum Gasteiger partial charge on any atom is -0.396 e. The molecule has 2 aromatic rings. The first-order chi connectivity index (χ1) is 9.79. The Labute approximate surface area is 118 Å². The second-order valence-electron chi connectivity index (χ2n) is 6.25. The quantitative estimate of drug-likeness (QED) is 0.846. The maximum Gasteiger partial charge on any atom is 0.0664 e. The molecule has 0 spiro atoms. The van der Waals surface area contributed by atoms with Crippen molar-refractivity contribution in [2.24, 2.45) is 11.3 Å². The topological polar surface area (TPSA) is 52.8 Å². The summed E-state index contributed by atoms with van der Waals surface area (Å²) in [6.45, 7) is 5.32. The van der Waals surface area contributed by atoms with Crippen molar-refractivity contribution in [2.45, 2.75) is 6.54 Å². The van der Waals surface area contributed by atoms with Crippen LogP contribution in [-0.4, -0.2) is 52.4 Å². The van der Waals surface area contributed by atoms with Crippen LogP contribution in [0.3, 0.4) is 0 Å². The third kappa shape index (κ3) is 1.85. The van der Waals surface area contributed by atoms with Gasteiger partial charge < -0.3 is 10.4 Å². The molecule has 2 aromatic heterocycles. The van der Waals surface area contributed by atoms with E-state index in [4.69, 9.17) is 0 Å². The number of likely N-dealkylation sites (tertiary alicyclic amines) is 1. The summed E-state index contributed by atoms with van der Waals surface area (Å²) in [5.41, 5.74) is 2.54. The van der Waals surface area contributed by atoms with Gasteiger partial charge in [-0.2, -0.15) is 5.10 Å². The number of hydrogen-bond donors (Lipinski definition) is 2. The van der Waals surface area contributed by atoms with Gasteiger partial charge >= 0.3 is 0 Å². The zero-order chi connectivity index (χ0) is 13.6. The zero-order valence-electron chi connectivity index (χ0n) is 11.5. The van der Waals surface area contributed by atoms with Gasteiger partial charge in [-0.15, -0.1) is 0 Å². The van der Waals surface area contributed by atoms with Gasteiger partial charge in [-0.05, 0) is 36.2 Å². The Morgan fingerprint density at radius 2 is 2.40 bits per heavy atom. The van der Waals surface area contributed by atoms with Crippen LogP contribution in [0.25, 0.3) is 5.52 Å². The van der Waals surface area contributed by atoms with Crippen molar-refractivity contribution >= 4 is 5.52 Å². The smallest absolute Gasteiger partial charge is 0.0664 e. The molecule has 0 bridgehead atoms. The van der Waals surface area contributed by atoms with Crippen molar-refractivity contribution in [3.8, 4) is 0 Å². The summed E-state index contributed by atoms with van der Waals surface area (Å²) in [6.07, 6.45) is 3.84. The number of aliphatic hydroxyl groups excluding tert-OH is 1. The van der Waals surface area contributed by atoms with E-state index >= 15 is 0 Å². The van der Waals surface area contributed by atoms with Crippen LogP contribution in [0.5, 0.6) is 0 Å². The van der Waals surface area contributed by atoms with E-state index in [0.717, 1.165) is 38.2 Å². The highest BCUT2D eigenvalue weighted by atomic mass is 16.3. The maximum atomic E-state index is 9.75. The fourth-order valence-electron chi connectivity index (χ4n) is 3.80. The van der Waals surface area contributed by atoms with Crippen molar-refractivity contribution in [2.75, 3.05) is 32.8 Å². The van der Waals surface area contributed by atoms with Crippen LogP contribution >= 0.6 is 0 Å². The Bertz CT molecular complexity index is 625. The SMILES string of the molecule is OCC12CNCC1CN(Cc1ccn3nccc3c1)C2. The van der Waals surface area contributed by atoms with E-state index in [1.54, 1.807) is 0 Å². The molecule has 5 heteroatoms. The molecule has 4 rings (SSSR count). The number of nitrogens with zero attached hydrogens (tertiary/aromatic N) is 3. The first-order valence-corrected chi connectivity index (χ1v) is 7.25. The molecule has 106 valence electrons. The predicted molar refractivity (Wildman–Crippen MR) is 76.3 cm³/mol. The highest BCUT2D eigenvalue weighted by molar-refractivity contribution is 5.47. The average molecular weight is 272 g/mol. The lowest BCUT2D eigenvalue weighted by Crippen LogP contribution is -2.35. The van der Waals surface area contributed by atoms with Crippen LogP contribution in [0.15, 0.2) is 30.6 Å². The lowest BCUT2D eigenvalue weighted by molar-refractivity contribution is 0.124. The van der Waals surface area contributed by atoms with Gasteiger partial charge in [-0.1, -0.05) is 0 Å². The van der Waals surface area contributed by atoms with Crippen molar-refractivity contribution in [1.82, 2.24) is 19.8 Å². The van der Waals surface area contributed by atoms with Gasteiger partial charge in [0.1, 0.15) is 0 Å². The van der Waals surface area contributed by atoms with Gasteiger partial charge in [0, 0.05) is 44.0 Å². The summed E-state index contributed by atoms with van der Waals surface area (Å²) in [6, 6.07) is 6.37. The molecule has 2 N–H and O–H groups in total. The van der Waals surface area contributed by atoms with Crippen LogP contribution in [0.2, 0.25) is 0 Å². The van der Waals surface area contributed by atoms with Gasteiger partial charge in [-0.25, -0.2) is 4.52 Å². The molecule has 0 aromatic carbocycles. The molecule has 0 radical (unpaired) electrons.